The average molecular weight is 296 g/mol. The van der Waals surface area contributed by atoms with Gasteiger partial charge in [0.1, 0.15) is 4.60 Å². The quantitative estimate of drug-likeness (QED) is 0.796. The minimum atomic E-state index is 0.120. The molecule has 1 aromatic rings. The Morgan fingerprint density at radius 2 is 2.06 bits per heavy atom. The van der Waals surface area contributed by atoms with Gasteiger partial charge in [0.2, 0.25) is 0 Å². The molecule has 1 fully saturated rings. The Morgan fingerprint density at radius 3 is 2.76 bits per heavy atom. The van der Waals surface area contributed by atoms with Gasteiger partial charge < -0.3 is 4.90 Å². The molecular formula is C13H18BrN3. The molecule has 0 saturated heterocycles. The lowest BCUT2D eigenvalue weighted by molar-refractivity contribution is 0.504. The van der Waals surface area contributed by atoms with Crippen LogP contribution in [0.5, 0.6) is 0 Å². The Hall–Kier alpha value is -0.640. The molecule has 0 amide bonds. The highest BCUT2D eigenvalue weighted by Crippen LogP contribution is 2.41. The first kappa shape index (κ1) is 11.5. The lowest BCUT2D eigenvalue weighted by Gasteiger charge is -2.27. The molecule has 1 aliphatic heterocycles. The fraction of sp³-hybridized carbons (Fsp3) is 0.692. The maximum atomic E-state index is 4.64. The van der Waals surface area contributed by atoms with Gasteiger partial charge >= 0.3 is 0 Å². The maximum Gasteiger partial charge on any atom is 0.151 e. The standard InChI is InChI=1S/C13H18BrN3/c1-13(2)8-17(9-5-3-4-6-9)12-11(13)16-10(14)7-15-12/h7,9H,3-6,8H2,1-2H3. The predicted octanol–water partition coefficient (Wildman–Crippen LogP) is 3.28. The number of halogens is 1. The molecule has 1 aromatic heterocycles. The van der Waals surface area contributed by atoms with Crippen molar-refractivity contribution in [2.45, 2.75) is 51.0 Å². The van der Waals surface area contributed by atoms with Crippen LogP contribution in [0.4, 0.5) is 5.82 Å². The van der Waals surface area contributed by atoms with Gasteiger partial charge in [0.05, 0.1) is 11.9 Å². The summed E-state index contributed by atoms with van der Waals surface area (Å²) in [6.07, 6.45) is 7.17. The van der Waals surface area contributed by atoms with E-state index in [0.29, 0.717) is 6.04 Å². The van der Waals surface area contributed by atoms with Crippen LogP contribution in [-0.4, -0.2) is 22.6 Å². The first-order chi connectivity index (χ1) is 8.08. The lowest BCUT2D eigenvalue weighted by atomic mass is 9.92. The number of rotatable bonds is 1. The molecule has 17 heavy (non-hydrogen) atoms. The number of fused-ring (bicyclic) bond motifs is 1. The van der Waals surface area contributed by atoms with Crippen molar-refractivity contribution < 1.29 is 0 Å². The smallest absolute Gasteiger partial charge is 0.151 e. The fourth-order valence-electron chi connectivity index (χ4n) is 3.12. The van der Waals surface area contributed by atoms with Gasteiger partial charge in [-0.1, -0.05) is 26.7 Å². The van der Waals surface area contributed by atoms with Crippen molar-refractivity contribution in [3.8, 4) is 0 Å². The third kappa shape index (κ3) is 1.86. The van der Waals surface area contributed by atoms with Crippen molar-refractivity contribution in [3.63, 3.8) is 0 Å². The van der Waals surface area contributed by atoms with E-state index in [1.54, 1.807) is 0 Å². The van der Waals surface area contributed by atoms with Crippen molar-refractivity contribution in [2.24, 2.45) is 0 Å². The summed E-state index contributed by atoms with van der Waals surface area (Å²) in [5.74, 6) is 1.12. The van der Waals surface area contributed by atoms with Crippen LogP contribution in [0.25, 0.3) is 0 Å². The van der Waals surface area contributed by atoms with Crippen LogP contribution in [0, 0.1) is 0 Å². The predicted molar refractivity (Wildman–Crippen MR) is 72.4 cm³/mol. The Bertz CT molecular complexity index is 438. The third-order valence-electron chi connectivity index (χ3n) is 3.97. The van der Waals surface area contributed by atoms with Crippen LogP contribution in [0.2, 0.25) is 0 Å². The van der Waals surface area contributed by atoms with Gasteiger partial charge in [-0.2, -0.15) is 0 Å². The summed E-state index contributed by atoms with van der Waals surface area (Å²) in [7, 11) is 0. The molecule has 2 heterocycles. The molecular weight excluding hydrogens is 278 g/mol. The van der Waals surface area contributed by atoms with E-state index in [1.807, 2.05) is 6.20 Å². The monoisotopic (exact) mass is 295 g/mol. The highest BCUT2D eigenvalue weighted by atomic mass is 79.9. The minimum Gasteiger partial charge on any atom is -0.351 e. The van der Waals surface area contributed by atoms with E-state index < -0.39 is 0 Å². The zero-order chi connectivity index (χ0) is 12.0. The Kier molecular flexibility index (Phi) is 2.65. The van der Waals surface area contributed by atoms with Crippen molar-refractivity contribution in [1.29, 1.82) is 0 Å². The van der Waals surface area contributed by atoms with Crippen molar-refractivity contribution in [3.05, 3.63) is 16.5 Å². The summed E-state index contributed by atoms with van der Waals surface area (Å²) >= 11 is 3.43. The van der Waals surface area contributed by atoms with E-state index in [0.717, 1.165) is 22.7 Å². The first-order valence-electron chi connectivity index (χ1n) is 6.37. The molecule has 92 valence electrons. The molecule has 1 saturated carbocycles. The van der Waals surface area contributed by atoms with Gasteiger partial charge in [0.15, 0.2) is 5.82 Å². The molecule has 2 aliphatic rings. The zero-order valence-corrected chi connectivity index (χ0v) is 12.0. The highest BCUT2D eigenvalue weighted by Gasteiger charge is 2.41. The van der Waals surface area contributed by atoms with Crippen LogP contribution >= 0.6 is 15.9 Å². The number of nitrogens with zero attached hydrogens (tertiary/aromatic N) is 3. The molecule has 0 spiro atoms. The molecule has 1 aliphatic carbocycles. The normalized spacial score (nSPS) is 23.1. The van der Waals surface area contributed by atoms with Gasteiger partial charge in [0, 0.05) is 18.0 Å². The van der Waals surface area contributed by atoms with E-state index >= 15 is 0 Å². The Balaban J connectivity index is 2.01. The Morgan fingerprint density at radius 1 is 1.35 bits per heavy atom. The lowest BCUT2D eigenvalue weighted by Crippen LogP contribution is -2.36. The SMILES string of the molecule is CC1(C)CN(C2CCCC2)c2ncc(Br)nc21. The minimum absolute atomic E-state index is 0.120. The summed E-state index contributed by atoms with van der Waals surface area (Å²) in [5, 5.41) is 0. The van der Waals surface area contributed by atoms with Gasteiger partial charge in [-0.05, 0) is 28.8 Å². The molecule has 0 bridgehead atoms. The van der Waals surface area contributed by atoms with E-state index in [-0.39, 0.29) is 5.41 Å². The second kappa shape index (κ2) is 3.94. The van der Waals surface area contributed by atoms with Crippen molar-refractivity contribution in [1.82, 2.24) is 9.97 Å². The van der Waals surface area contributed by atoms with E-state index in [4.69, 9.17) is 0 Å². The summed E-state index contributed by atoms with van der Waals surface area (Å²) in [6.45, 7) is 5.59. The second-order valence-electron chi connectivity index (χ2n) is 5.82. The third-order valence-corrected chi connectivity index (χ3v) is 4.35. The van der Waals surface area contributed by atoms with Gasteiger partial charge in [-0.3, -0.25) is 0 Å². The fourth-order valence-corrected chi connectivity index (χ4v) is 3.40. The molecule has 0 radical (unpaired) electrons. The molecule has 0 N–H and O–H groups in total. The van der Waals surface area contributed by atoms with Crippen molar-refractivity contribution in [2.75, 3.05) is 11.4 Å². The van der Waals surface area contributed by atoms with Gasteiger partial charge in [-0.25, -0.2) is 9.97 Å². The average Bonchev–Trinajstić information content (AvgIpc) is 2.86. The molecule has 3 nitrogen and oxygen atoms in total. The molecule has 0 atom stereocenters. The van der Waals surface area contributed by atoms with Crippen LogP contribution in [-0.2, 0) is 5.41 Å². The number of anilines is 1. The van der Waals surface area contributed by atoms with Crippen molar-refractivity contribution >= 4 is 21.7 Å². The molecule has 4 heteroatoms. The van der Waals surface area contributed by atoms with Gasteiger partial charge in [0.25, 0.3) is 0 Å². The van der Waals surface area contributed by atoms with Crippen LogP contribution < -0.4 is 4.90 Å². The number of hydrogen-bond acceptors (Lipinski definition) is 3. The van der Waals surface area contributed by atoms with Crippen LogP contribution in [0.3, 0.4) is 0 Å². The Labute approximate surface area is 111 Å². The van der Waals surface area contributed by atoms with Crippen LogP contribution in [0.15, 0.2) is 10.8 Å². The largest absolute Gasteiger partial charge is 0.351 e. The second-order valence-corrected chi connectivity index (χ2v) is 6.63. The topological polar surface area (TPSA) is 29.0 Å². The van der Waals surface area contributed by atoms with E-state index in [9.17, 15) is 0 Å². The summed E-state index contributed by atoms with van der Waals surface area (Å²) < 4.78 is 0.845. The highest BCUT2D eigenvalue weighted by molar-refractivity contribution is 9.10. The summed E-state index contributed by atoms with van der Waals surface area (Å²) in [6, 6.07) is 0.686. The van der Waals surface area contributed by atoms with E-state index in [1.165, 1.54) is 25.7 Å². The summed E-state index contributed by atoms with van der Waals surface area (Å²) in [5.41, 5.74) is 1.27. The number of hydrogen-bond donors (Lipinski definition) is 0. The molecule has 0 unspecified atom stereocenters. The van der Waals surface area contributed by atoms with Gasteiger partial charge in [-0.15, -0.1) is 0 Å². The van der Waals surface area contributed by atoms with E-state index in [2.05, 4.69) is 44.6 Å². The molecule has 0 aromatic carbocycles. The number of aromatic nitrogens is 2. The molecule has 3 rings (SSSR count). The zero-order valence-electron chi connectivity index (χ0n) is 10.4. The van der Waals surface area contributed by atoms with Crippen LogP contribution in [0.1, 0.15) is 45.2 Å². The summed E-state index contributed by atoms with van der Waals surface area (Å²) in [4.78, 5) is 11.7. The maximum absolute atomic E-state index is 4.64. The first-order valence-corrected chi connectivity index (χ1v) is 7.17.